The molecule has 0 aliphatic heterocycles. The number of amides is 2. The Hall–Kier alpha value is -2.48. The molecule has 1 rings (SSSR count). The van der Waals surface area contributed by atoms with Gasteiger partial charge in [-0.15, -0.1) is 0 Å². The summed E-state index contributed by atoms with van der Waals surface area (Å²) in [7, 11) is 1.49. The number of ether oxygens (including phenoxy) is 2. The minimum atomic E-state index is -1.20. The molecule has 0 saturated carbocycles. The fourth-order valence-electron chi connectivity index (χ4n) is 2.41. The van der Waals surface area contributed by atoms with Gasteiger partial charge in [-0.1, -0.05) is 17.7 Å². The van der Waals surface area contributed by atoms with Crippen molar-refractivity contribution >= 4 is 29.6 Å². The largest absolute Gasteiger partial charge is 0.495 e. The lowest BCUT2D eigenvalue weighted by atomic mass is 9.85. The predicted molar refractivity (Wildman–Crippen MR) is 114 cm³/mol. The van der Waals surface area contributed by atoms with Crippen LogP contribution in [-0.4, -0.2) is 47.9 Å². The van der Waals surface area contributed by atoms with Crippen LogP contribution in [0.4, 0.5) is 4.79 Å². The number of hydrogen-bond acceptors (Lipinski definition) is 5. The Kier molecular flexibility index (Phi) is 8.53. The fourth-order valence-corrected chi connectivity index (χ4v) is 2.69. The monoisotopic (exact) mass is 442 g/mol. The van der Waals surface area contributed by atoms with Gasteiger partial charge in [-0.05, 0) is 59.2 Å². The van der Waals surface area contributed by atoms with Crippen LogP contribution in [0, 0.1) is 5.41 Å². The van der Waals surface area contributed by atoms with Crippen molar-refractivity contribution in [3.63, 3.8) is 0 Å². The molecule has 0 fully saturated rings. The molecule has 0 heterocycles. The molecule has 0 aliphatic rings. The molecular weight excluding hydrogens is 412 g/mol. The highest BCUT2D eigenvalue weighted by Gasteiger charge is 2.36. The quantitative estimate of drug-likeness (QED) is 0.568. The number of alkyl carbamates (subject to hydrolysis) is 1. The second-order valence-electron chi connectivity index (χ2n) is 8.63. The lowest BCUT2D eigenvalue weighted by Gasteiger charge is -2.30. The predicted octanol–water partition coefficient (Wildman–Crippen LogP) is 3.40. The average molecular weight is 443 g/mol. The number of methoxy groups -OCH3 is 1. The van der Waals surface area contributed by atoms with E-state index in [4.69, 9.17) is 21.1 Å². The number of halogens is 1. The number of hydrogen-bond donors (Lipinski definition) is 3. The summed E-state index contributed by atoms with van der Waals surface area (Å²) in [6.45, 7) is 9.76. The molecule has 0 spiro atoms. The Morgan fingerprint density at radius 3 is 2.20 bits per heavy atom. The zero-order chi connectivity index (χ0) is 23.3. The SMILES string of the molecule is COc1ccc(C[C@@H](NC(=O)OC(C)(C)C)C(=O)N[C@@H](C)C(C)(C)C(=O)O)cc1Cl. The topological polar surface area (TPSA) is 114 Å². The van der Waals surface area contributed by atoms with Gasteiger partial charge in [0.05, 0.1) is 17.5 Å². The molecule has 8 nitrogen and oxygen atoms in total. The number of aliphatic carboxylic acids is 1. The maximum absolute atomic E-state index is 12.9. The third kappa shape index (κ3) is 7.40. The van der Waals surface area contributed by atoms with E-state index in [-0.39, 0.29) is 6.42 Å². The van der Waals surface area contributed by atoms with E-state index in [9.17, 15) is 19.5 Å². The highest BCUT2D eigenvalue weighted by atomic mass is 35.5. The Morgan fingerprint density at radius 1 is 1.13 bits per heavy atom. The molecule has 0 unspecified atom stereocenters. The van der Waals surface area contributed by atoms with Crippen LogP contribution in [0.5, 0.6) is 5.75 Å². The van der Waals surface area contributed by atoms with Crippen molar-refractivity contribution in [2.24, 2.45) is 5.41 Å². The molecule has 0 radical (unpaired) electrons. The summed E-state index contributed by atoms with van der Waals surface area (Å²) in [6.07, 6.45) is -0.637. The number of rotatable bonds is 8. The molecule has 2 atom stereocenters. The van der Waals surface area contributed by atoms with E-state index in [0.717, 1.165) is 0 Å². The zero-order valence-electron chi connectivity index (χ0n) is 18.5. The van der Waals surface area contributed by atoms with Gasteiger partial charge in [0.25, 0.3) is 0 Å². The van der Waals surface area contributed by atoms with Crippen LogP contribution in [0.1, 0.15) is 47.1 Å². The summed E-state index contributed by atoms with van der Waals surface area (Å²) >= 11 is 6.16. The molecule has 0 aliphatic carbocycles. The summed E-state index contributed by atoms with van der Waals surface area (Å²) in [4.78, 5) is 36.6. The normalized spacial score (nSPS) is 13.7. The van der Waals surface area contributed by atoms with E-state index in [1.54, 1.807) is 45.9 Å². The zero-order valence-corrected chi connectivity index (χ0v) is 19.2. The van der Waals surface area contributed by atoms with Crippen LogP contribution in [0.3, 0.4) is 0 Å². The number of carbonyl (C=O) groups excluding carboxylic acids is 2. The molecule has 9 heteroatoms. The first kappa shape index (κ1) is 25.6. The highest BCUT2D eigenvalue weighted by molar-refractivity contribution is 6.32. The van der Waals surface area contributed by atoms with Gasteiger partial charge in [-0.25, -0.2) is 4.79 Å². The number of carboxylic acids is 1. The second-order valence-corrected chi connectivity index (χ2v) is 9.04. The first-order valence-electron chi connectivity index (χ1n) is 9.53. The molecule has 3 N–H and O–H groups in total. The highest BCUT2D eigenvalue weighted by Crippen LogP contribution is 2.26. The van der Waals surface area contributed by atoms with E-state index >= 15 is 0 Å². The van der Waals surface area contributed by atoms with Crippen LogP contribution in [0.2, 0.25) is 5.02 Å². The van der Waals surface area contributed by atoms with Crippen LogP contribution < -0.4 is 15.4 Å². The van der Waals surface area contributed by atoms with Crippen molar-refractivity contribution in [2.45, 2.75) is 65.6 Å². The van der Waals surface area contributed by atoms with E-state index in [2.05, 4.69) is 10.6 Å². The lowest BCUT2D eigenvalue weighted by Crippen LogP contribution is -2.55. The van der Waals surface area contributed by atoms with Crippen molar-refractivity contribution < 1.29 is 29.0 Å². The number of carboxylic acid groups (broad SMARTS) is 1. The first-order valence-corrected chi connectivity index (χ1v) is 9.91. The average Bonchev–Trinajstić information content (AvgIpc) is 2.59. The van der Waals surface area contributed by atoms with Crippen molar-refractivity contribution in [2.75, 3.05) is 7.11 Å². The van der Waals surface area contributed by atoms with Crippen molar-refractivity contribution in [3.05, 3.63) is 28.8 Å². The number of benzene rings is 1. The molecule has 0 saturated heterocycles. The van der Waals surface area contributed by atoms with Crippen LogP contribution >= 0.6 is 11.6 Å². The summed E-state index contributed by atoms with van der Waals surface area (Å²) in [6, 6.07) is 3.34. The second kappa shape index (κ2) is 10.0. The van der Waals surface area contributed by atoms with E-state index in [0.29, 0.717) is 16.3 Å². The molecule has 1 aromatic rings. The lowest BCUT2D eigenvalue weighted by molar-refractivity contribution is -0.148. The molecule has 0 aromatic heterocycles. The number of carbonyl (C=O) groups is 3. The number of nitrogens with one attached hydrogen (secondary N) is 2. The Balaban J connectivity index is 3.07. The van der Waals surface area contributed by atoms with E-state index in [1.807, 2.05) is 0 Å². The summed E-state index contributed by atoms with van der Waals surface area (Å²) in [5.74, 6) is -1.10. The first-order chi connectivity index (χ1) is 13.7. The summed E-state index contributed by atoms with van der Waals surface area (Å²) < 4.78 is 10.4. The van der Waals surface area contributed by atoms with Crippen LogP contribution in [0.25, 0.3) is 0 Å². The van der Waals surface area contributed by atoms with Gasteiger partial charge in [0.1, 0.15) is 17.4 Å². The van der Waals surface area contributed by atoms with Gasteiger partial charge in [-0.2, -0.15) is 0 Å². The van der Waals surface area contributed by atoms with Gasteiger partial charge in [0.15, 0.2) is 0 Å². The Bertz CT molecular complexity index is 788. The third-order valence-corrected chi connectivity index (χ3v) is 4.95. The maximum atomic E-state index is 12.9. The molecule has 2 amide bonds. The molecule has 1 aromatic carbocycles. The third-order valence-electron chi connectivity index (χ3n) is 4.66. The Labute approximate surface area is 182 Å². The minimum Gasteiger partial charge on any atom is -0.495 e. The van der Waals surface area contributed by atoms with Gasteiger partial charge >= 0.3 is 12.1 Å². The molecule has 168 valence electrons. The summed E-state index contributed by atoms with van der Waals surface area (Å²) in [5, 5.41) is 15.0. The Morgan fingerprint density at radius 2 is 1.73 bits per heavy atom. The molecule has 30 heavy (non-hydrogen) atoms. The van der Waals surface area contributed by atoms with Gasteiger partial charge in [0.2, 0.25) is 5.91 Å². The fraction of sp³-hybridized carbons (Fsp3) is 0.571. The van der Waals surface area contributed by atoms with Crippen molar-refractivity contribution in [1.29, 1.82) is 0 Å². The summed E-state index contributed by atoms with van der Waals surface area (Å²) in [5.41, 5.74) is -1.26. The van der Waals surface area contributed by atoms with Crippen LogP contribution in [-0.2, 0) is 20.7 Å². The van der Waals surface area contributed by atoms with E-state index < -0.39 is 41.1 Å². The minimum absolute atomic E-state index is 0.120. The van der Waals surface area contributed by atoms with E-state index in [1.165, 1.54) is 21.0 Å². The maximum Gasteiger partial charge on any atom is 0.408 e. The smallest absolute Gasteiger partial charge is 0.408 e. The van der Waals surface area contributed by atoms with Crippen molar-refractivity contribution in [3.8, 4) is 5.75 Å². The van der Waals surface area contributed by atoms with Gasteiger partial charge < -0.3 is 25.2 Å². The van der Waals surface area contributed by atoms with Gasteiger partial charge in [-0.3, -0.25) is 9.59 Å². The molecular formula is C21H31ClN2O6. The van der Waals surface area contributed by atoms with Gasteiger partial charge in [0, 0.05) is 12.5 Å². The van der Waals surface area contributed by atoms with Crippen LogP contribution in [0.15, 0.2) is 18.2 Å². The standard InChI is InChI=1S/C21H31ClN2O6/c1-12(21(5,6)18(26)27)23-17(25)15(24-19(28)30-20(2,3)4)11-13-8-9-16(29-7)14(22)10-13/h8-10,12,15H,11H2,1-7H3,(H,23,25)(H,24,28)(H,26,27)/t12-,15+/m0/s1. The van der Waals surface area contributed by atoms with Crippen molar-refractivity contribution in [1.82, 2.24) is 10.6 Å². The molecule has 0 bridgehead atoms.